The highest BCUT2D eigenvalue weighted by Gasteiger charge is 2.52. The van der Waals surface area contributed by atoms with E-state index in [9.17, 15) is 9.59 Å². The third-order valence-electron chi connectivity index (χ3n) is 7.23. The number of carbonyl (C=O) groups is 2. The van der Waals surface area contributed by atoms with Crippen LogP contribution in [-0.4, -0.2) is 37.1 Å². The Morgan fingerprint density at radius 1 is 1.06 bits per heavy atom. The predicted octanol–water partition coefficient (Wildman–Crippen LogP) is 4.34. The van der Waals surface area contributed by atoms with E-state index in [1.54, 1.807) is 4.90 Å². The lowest BCUT2D eigenvalue weighted by Crippen LogP contribution is -2.63. The van der Waals surface area contributed by atoms with Gasteiger partial charge in [-0.1, -0.05) is 53.0 Å². The minimum Gasteiger partial charge on any atom is -0.381 e. The van der Waals surface area contributed by atoms with Crippen molar-refractivity contribution in [3.63, 3.8) is 0 Å². The normalized spacial score (nSPS) is 21.3. The summed E-state index contributed by atoms with van der Waals surface area (Å²) < 4.78 is 6.65. The van der Waals surface area contributed by atoms with Crippen LogP contribution in [0.15, 0.2) is 53.0 Å². The number of fused-ring (bicyclic) bond motifs is 1. The summed E-state index contributed by atoms with van der Waals surface area (Å²) in [5.41, 5.74) is 1.53. The second-order valence-electron chi connectivity index (χ2n) is 9.00. The van der Waals surface area contributed by atoms with Gasteiger partial charge in [-0.15, -0.1) is 0 Å². The number of amides is 2. The van der Waals surface area contributed by atoms with Gasteiger partial charge in [0.05, 0.1) is 17.9 Å². The van der Waals surface area contributed by atoms with Gasteiger partial charge in [0, 0.05) is 23.2 Å². The van der Waals surface area contributed by atoms with Crippen molar-refractivity contribution in [3.05, 3.63) is 58.6 Å². The van der Waals surface area contributed by atoms with E-state index >= 15 is 0 Å². The van der Waals surface area contributed by atoms with E-state index in [0.29, 0.717) is 31.7 Å². The zero-order chi connectivity index (χ0) is 22.2. The van der Waals surface area contributed by atoms with Crippen molar-refractivity contribution in [2.75, 3.05) is 30.0 Å². The second kappa shape index (κ2) is 8.61. The van der Waals surface area contributed by atoms with Gasteiger partial charge < -0.3 is 10.1 Å². The maximum absolute atomic E-state index is 13.8. The predicted molar refractivity (Wildman–Crippen MR) is 128 cm³/mol. The quantitative estimate of drug-likeness (QED) is 0.658. The number of hydrogen-bond donors (Lipinski definition) is 2. The highest BCUT2D eigenvalue weighted by atomic mass is 79.9. The van der Waals surface area contributed by atoms with E-state index < -0.39 is 5.54 Å². The van der Waals surface area contributed by atoms with Gasteiger partial charge in [-0.3, -0.25) is 19.8 Å². The highest BCUT2D eigenvalue weighted by Crippen LogP contribution is 2.45. The average molecular weight is 498 g/mol. The SMILES string of the molecule is O=C(CNC1(c2cccc(Br)c2)CCOCC1)N1c2ccccc2NC(=O)C12CCCC2. The van der Waals surface area contributed by atoms with Crippen LogP contribution in [0.5, 0.6) is 0 Å². The molecule has 32 heavy (non-hydrogen) atoms. The van der Waals surface area contributed by atoms with Crippen LogP contribution in [0.25, 0.3) is 0 Å². The summed E-state index contributed by atoms with van der Waals surface area (Å²) in [6.07, 6.45) is 4.88. The van der Waals surface area contributed by atoms with Crippen molar-refractivity contribution in [2.24, 2.45) is 0 Å². The first kappa shape index (κ1) is 21.6. The molecule has 2 aliphatic heterocycles. The van der Waals surface area contributed by atoms with Crippen molar-refractivity contribution < 1.29 is 14.3 Å². The Kier molecular flexibility index (Phi) is 5.82. The number of nitrogens with one attached hydrogen (secondary N) is 2. The van der Waals surface area contributed by atoms with Crippen molar-refractivity contribution in [1.82, 2.24) is 5.32 Å². The van der Waals surface area contributed by atoms with Crippen LogP contribution in [0.2, 0.25) is 0 Å². The van der Waals surface area contributed by atoms with E-state index in [1.165, 1.54) is 0 Å². The van der Waals surface area contributed by atoms with Gasteiger partial charge in [0.15, 0.2) is 0 Å². The summed E-state index contributed by atoms with van der Waals surface area (Å²) in [7, 11) is 0. The molecule has 0 atom stereocenters. The minimum absolute atomic E-state index is 0.0601. The van der Waals surface area contributed by atoms with E-state index in [-0.39, 0.29) is 23.9 Å². The van der Waals surface area contributed by atoms with Crippen molar-refractivity contribution >= 4 is 39.1 Å². The third kappa shape index (κ3) is 3.66. The molecule has 5 rings (SSSR count). The summed E-state index contributed by atoms with van der Waals surface area (Å²) >= 11 is 3.58. The summed E-state index contributed by atoms with van der Waals surface area (Å²) in [5, 5.41) is 6.65. The van der Waals surface area contributed by atoms with E-state index in [0.717, 1.165) is 41.4 Å². The lowest BCUT2D eigenvalue weighted by molar-refractivity contribution is -0.127. The Morgan fingerprint density at radius 2 is 1.81 bits per heavy atom. The zero-order valence-corrected chi connectivity index (χ0v) is 19.6. The molecule has 1 spiro atoms. The molecular formula is C25H28BrN3O3. The van der Waals surface area contributed by atoms with Crippen LogP contribution in [0.3, 0.4) is 0 Å². The van der Waals surface area contributed by atoms with Crippen LogP contribution in [0.1, 0.15) is 44.1 Å². The largest absolute Gasteiger partial charge is 0.381 e. The Bertz CT molecular complexity index is 1030. The molecule has 0 unspecified atom stereocenters. The van der Waals surface area contributed by atoms with Crippen molar-refractivity contribution in [1.29, 1.82) is 0 Å². The maximum atomic E-state index is 13.8. The van der Waals surface area contributed by atoms with Gasteiger partial charge in [0.2, 0.25) is 5.91 Å². The number of benzene rings is 2. The number of hydrogen-bond acceptors (Lipinski definition) is 4. The molecule has 2 aromatic carbocycles. The number of para-hydroxylation sites is 2. The van der Waals surface area contributed by atoms with E-state index in [4.69, 9.17) is 4.74 Å². The molecule has 1 saturated carbocycles. The Balaban J connectivity index is 1.46. The Morgan fingerprint density at radius 3 is 2.56 bits per heavy atom. The summed E-state index contributed by atoms with van der Waals surface area (Å²) in [4.78, 5) is 28.8. The fourth-order valence-electron chi connectivity index (χ4n) is 5.53. The minimum atomic E-state index is -0.786. The van der Waals surface area contributed by atoms with E-state index in [1.807, 2.05) is 36.4 Å². The molecular weight excluding hydrogens is 470 g/mol. The molecule has 0 radical (unpaired) electrons. The summed E-state index contributed by atoms with van der Waals surface area (Å²) in [5.74, 6) is -0.120. The van der Waals surface area contributed by atoms with Crippen LogP contribution in [0, 0.1) is 0 Å². The second-order valence-corrected chi connectivity index (χ2v) is 9.91. The van der Waals surface area contributed by atoms with Crippen molar-refractivity contribution in [3.8, 4) is 0 Å². The molecule has 6 nitrogen and oxygen atoms in total. The van der Waals surface area contributed by atoms with Gasteiger partial charge in [-0.05, 0) is 55.5 Å². The van der Waals surface area contributed by atoms with Gasteiger partial charge >= 0.3 is 0 Å². The standard InChI is InChI=1S/C25H28BrN3O3/c26-19-7-5-6-18(16-19)24(12-14-32-15-13-24)27-17-22(30)29-21-9-2-1-8-20(21)28-23(31)25(29)10-3-4-11-25/h1-2,5-9,16,27H,3-4,10-15,17H2,(H,28,31). The van der Waals surface area contributed by atoms with Crippen LogP contribution >= 0.6 is 15.9 Å². The van der Waals surface area contributed by atoms with Gasteiger partial charge in [0.1, 0.15) is 5.54 Å². The summed E-state index contributed by atoms with van der Waals surface area (Å²) in [6.45, 7) is 1.45. The average Bonchev–Trinajstić information content (AvgIpc) is 3.29. The Labute approximate surface area is 196 Å². The molecule has 1 aliphatic carbocycles. The Hall–Kier alpha value is -2.22. The monoisotopic (exact) mass is 497 g/mol. The zero-order valence-electron chi connectivity index (χ0n) is 18.0. The number of rotatable bonds is 4. The molecule has 2 fully saturated rings. The molecule has 2 amide bonds. The van der Waals surface area contributed by atoms with Gasteiger partial charge in [0.25, 0.3) is 5.91 Å². The lowest BCUT2D eigenvalue weighted by Gasteiger charge is -2.45. The van der Waals surface area contributed by atoms with Gasteiger partial charge in [-0.2, -0.15) is 0 Å². The van der Waals surface area contributed by atoms with Crippen LogP contribution in [-0.2, 0) is 19.9 Å². The van der Waals surface area contributed by atoms with Gasteiger partial charge in [-0.25, -0.2) is 0 Å². The number of carbonyl (C=O) groups excluding carboxylic acids is 2. The molecule has 2 heterocycles. The molecule has 3 aliphatic rings. The molecule has 0 aromatic heterocycles. The van der Waals surface area contributed by atoms with Crippen LogP contribution in [0.4, 0.5) is 11.4 Å². The maximum Gasteiger partial charge on any atom is 0.250 e. The topological polar surface area (TPSA) is 70.7 Å². The van der Waals surface area contributed by atoms with E-state index in [2.05, 4.69) is 38.7 Å². The number of ether oxygens (including phenoxy) is 1. The number of anilines is 2. The fourth-order valence-corrected chi connectivity index (χ4v) is 5.93. The van der Waals surface area contributed by atoms with Crippen molar-refractivity contribution in [2.45, 2.75) is 49.6 Å². The molecule has 7 heteroatoms. The third-order valence-corrected chi connectivity index (χ3v) is 7.72. The first-order chi connectivity index (χ1) is 15.5. The number of halogens is 1. The molecule has 0 bridgehead atoms. The molecule has 168 valence electrons. The molecule has 1 saturated heterocycles. The lowest BCUT2D eigenvalue weighted by atomic mass is 9.82. The molecule has 2 N–H and O–H groups in total. The highest BCUT2D eigenvalue weighted by molar-refractivity contribution is 9.10. The first-order valence-electron chi connectivity index (χ1n) is 11.4. The van der Waals surface area contributed by atoms with Crippen LogP contribution < -0.4 is 15.5 Å². The smallest absolute Gasteiger partial charge is 0.250 e. The fraction of sp³-hybridized carbons (Fsp3) is 0.440. The molecule has 2 aromatic rings. The number of nitrogens with zero attached hydrogens (tertiary/aromatic N) is 1. The first-order valence-corrected chi connectivity index (χ1v) is 12.2. The summed E-state index contributed by atoms with van der Waals surface area (Å²) in [6, 6.07) is 15.9.